The van der Waals surface area contributed by atoms with Gasteiger partial charge in [-0.05, 0) is 31.2 Å². The van der Waals surface area contributed by atoms with Crippen LogP contribution in [0.5, 0.6) is 0 Å². The van der Waals surface area contributed by atoms with Crippen molar-refractivity contribution >= 4 is 29.3 Å². The van der Waals surface area contributed by atoms with E-state index in [2.05, 4.69) is 15.7 Å². The number of hydrogen-bond donors (Lipinski definition) is 2. The van der Waals surface area contributed by atoms with Crippen LogP contribution in [0.1, 0.15) is 23.7 Å². The molecule has 0 unspecified atom stereocenters. The molecule has 7 heteroatoms. The van der Waals surface area contributed by atoms with Gasteiger partial charge in [0.15, 0.2) is 0 Å². The lowest BCUT2D eigenvalue weighted by molar-refractivity contribution is -0.115. The first-order valence-corrected chi connectivity index (χ1v) is 8.45. The zero-order valence-electron chi connectivity index (χ0n) is 12.8. The summed E-state index contributed by atoms with van der Waals surface area (Å²) in [6.45, 7) is 2.54. The Hall–Kier alpha value is -2.28. The lowest BCUT2D eigenvalue weighted by Gasteiger charge is -2.15. The Balaban J connectivity index is 1.68. The number of hydrogen-bond acceptors (Lipinski definition) is 4. The first kappa shape index (κ1) is 15.6. The van der Waals surface area contributed by atoms with Crippen molar-refractivity contribution in [2.75, 3.05) is 11.1 Å². The van der Waals surface area contributed by atoms with Crippen LogP contribution in [0.25, 0.3) is 0 Å². The second-order valence-electron chi connectivity index (χ2n) is 5.46. The smallest absolute Gasteiger partial charge is 0.251 e. The topological polar surface area (TPSA) is 76.0 Å². The fraction of sp³-hybridized carbons (Fsp3) is 0.312. The number of amides is 2. The molecule has 0 spiro atoms. The van der Waals surface area contributed by atoms with Crippen molar-refractivity contribution in [3.8, 4) is 0 Å². The Morgan fingerprint density at radius 3 is 3.17 bits per heavy atom. The molecule has 0 fully saturated rings. The number of nitrogens with one attached hydrogen (secondary N) is 2. The zero-order chi connectivity index (χ0) is 16.2. The summed E-state index contributed by atoms with van der Waals surface area (Å²) in [6, 6.07) is 7.21. The molecule has 1 aliphatic heterocycles. The summed E-state index contributed by atoms with van der Waals surface area (Å²) in [6.07, 6.45) is 4.06. The summed E-state index contributed by atoms with van der Waals surface area (Å²) in [4.78, 5) is 25.0. The number of anilines is 1. The standard InChI is InChI=1S/C16H18N4O2S/c1-11(10-20-7-2-6-17-20)18-16(22)12-3-4-14-13(9-12)19-15(21)5-8-23-14/h2-4,6-7,9,11H,5,8,10H2,1H3,(H,18,22)(H,19,21)/t11-/m1/s1. The summed E-state index contributed by atoms with van der Waals surface area (Å²) in [7, 11) is 0. The highest BCUT2D eigenvalue weighted by Crippen LogP contribution is 2.31. The highest BCUT2D eigenvalue weighted by molar-refractivity contribution is 7.99. The molecule has 1 aromatic carbocycles. The molecule has 0 aliphatic carbocycles. The molecule has 6 nitrogen and oxygen atoms in total. The van der Waals surface area contributed by atoms with E-state index >= 15 is 0 Å². The van der Waals surface area contributed by atoms with Gasteiger partial charge in [-0.2, -0.15) is 5.10 Å². The van der Waals surface area contributed by atoms with E-state index in [1.165, 1.54) is 0 Å². The number of aromatic nitrogens is 2. The van der Waals surface area contributed by atoms with Gasteiger partial charge >= 0.3 is 0 Å². The molecule has 2 heterocycles. The number of fused-ring (bicyclic) bond motifs is 1. The maximum absolute atomic E-state index is 12.4. The Morgan fingerprint density at radius 2 is 2.39 bits per heavy atom. The van der Waals surface area contributed by atoms with Crippen LogP contribution in [0, 0.1) is 0 Å². The minimum atomic E-state index is -0.157. The van der Waals surface area contributed by atoms with Gasteiger partial charge in [0, 0.05) is 41.1 Å². The number of nitrogens with zero attached hydrogens (tertiary/aromatic N) is 2. The van der Waals surface area contributed by atoms with Crippen molar-refractivity contribution < 1.29 is 9.59 Å². The average Bonchev–Trinajstić information content (AvgIpc) is 2.93. The highest BCUT2D eigenvalue weighted by atomic mass is 32.2. The number of carbonyl (C=O) groups excluding carboxylic acids is 2. The fourth-order valence-electron chi connectivity index (χ4n) is 2.40. The van der Waals surface area contributed by atoms with Crippen LogP contribution < -0.4 is 10.6 Å². The number of rotatable bonds is 4. The first-order chi connectivity index (χ1) is 11.1. The SMILES string of the molecule is C[C@H](Cn1cccn1)NC(=O)c1ccc2c(c1)NC(=O)CCS2. The monoisotopic (exact) mass is 330 g/mol. The van der Waals surface area contributed by atoms with Gasteiger partial charge in [-0.1, -0.05) is 0 Å². The lowest BCUT2D eigenvalue weighted by Crippen LogP contribution is -2.35. The predicted molar refractivity (Wildman–Crippen MR) is 89.6 cm³/mol. The Labute approximate surface area is 138 Å². The van der Waals surface area contributed by atoms with Crippen molar-refractivity contribution in [3.05, 3.63) is 42.2 Å². The summed E-state index contributed by atoms with van der Waals surface area (Å²) >= 11 is 1.62. The maximum Gasteiger partial charge on any atom is 0.251 e. The Bertz CT molecular complexity index is 715. The van der Waals surface area contributed by atoms with E-state index < -0.39 is 0 Å². The van der Waals surface area contributed by atoms with E-state index in [1.807, 2.05) is 25.3 Å². The van der Waals surface area contributed by atoms with Crippen LogP contribution in [0.4, 0.5) is 5.69 Å². The minimum Gasteiger partial charge on any atom is -0.348 e. The van der Waals surface area contributed by atoms with Crippen LogP contribution in [-0.2, 0) is 11.3 Å². The molecule has 1 atom stereocenters. The molecule has 120 valence electrons. The molecule has 0 saturated carbocycles. The minimum absolute atomic E-state index is 0.0131. The van der Waals surface area contributed by atoms with Crippen molar-refractivity contribution in [2.24, 2.45) is 0 Å². The zero-order valence-corrected chi connectivity index (χ0v) is 13.6. The van der Waals surface area contributed by atoms with E-state index in [0.717, 1.165) is 10.6 Å². The molecule has 0 bridgehead atoms. The van der Waals surface area contributed by atoms with Gasteiger partial charge in [0.05, 0.1) is 12.2 Å². The summed E-state index contributed by atoms with van der Waals surface area (Å²) < 4.78 is 1.78. The lowest BCUT2D eigenvalue weighted by atomic mass is 10.1. The van der Waals surface area contributed by atoms with Crippen molar-refractivity contribution in [1.29, 1.82) is 0 Å². The second-order valence-corrected chi connectivity index (χ2v) is 6.60. The van der Waals surface area contributed by atoms with Gasteiger partial charge in [-0.15, -0.1) is 11.8 Å². The third-order valence-corrected chi connectivity index (χ3v) is 4.58. The van der Waals surface area contributed by atoms with Crippen LogP contribution in [0.15, 0.2) is 41.6 Å². The molecule has 3 rings (SSSR count). The normalized spacial score (nSPS) is 15.3. The van der Waals surface area contributed by atoms with Gasteiger partial charge in [-0.25, -0.2) is 0 Å². The highest BCUT2D eigenvalue weighted by Gasteiger charge is 2.16. The first-order valence-electron chi connectivity index (χ1n) is 7.47. The van der Waals surface area contributed by atoms with Crippen molar-refractivity contribution in [3.63, 3.8) is 0 Å². The van der Waals surface area contributed by atoms with E-state index in [4.69, 9.17) is 0 Å². The average molecular weight is 330 g/mol. The molecule has 23 heavy (non-hydrogen) atoms. The van der Waals surface area contributed by atoms with Crippen LogP contribution in [0.3, 0.4) is 0 Å². The van der Waals surface area contributed by atoms with Crippen LogP contribution in [-0.4, -0.2) is 33.4 Å². The van der Waals surface area contributed by atoms with Crippen molar-refractivity contribution in [2.45, 2.75) is 30.8 Å². The number of carbonyl (C=O) groups is 2. The molecule has 0 radical (unpaired) electrons. The predicted octanol–water partition coefficient (Wildman–Crippen LogP) is 2.14. The van der Waals surface area contributed by atoms with Crippen LogP contribution in [0.2, 0.25) is 0 Å². The number of thioether (sulfide) groups is 1. The van der Waals surface area contributed by atoms with E-state index in [0.29, 0.717) is 24.2 Å². The van der Waals surface area contributed by atoms with E-state index in [-0.39, 0.29) is 17.9 Å². The third-order valence-electron chi connectivity index (χ3n) is 3.50. The van der Waals surface area contributed by atoms with Crippen LogP contribution >= 0.6 is 11.8 Å². The quantitative estimate of drug-likeness (QED) is 0.900. The fourth-order valence-corrected chi connectivity index (χ4v) is 3.34. The van der Waals surface area contributed by atoms with Gasteiger partial charge in [-0.3, -0.25) is 14.3 Å². The molecule has 2 N–H and O–H groups in total. The summed E-state index contributed by atoms with van der Waals surface area (Å²) in [5.41, 5.74) is 1.25. The number of benzene rings is 1. The van der Waals surface area contributed by atoms with Gasteiger partial charge in [0.1, 0.15) is 0 Å². The molecule has 1 aromatic heterocycles. The Kier molecular flexibility index (Phi) is 4.66. The van der Waals surface area contributed by atoms with E-state index in [9.17, 15) is 9.59 Å². The Morgan fingerprint density at radius 1 is 1.52 bits per heavy atom. The van der Waals surface area contributed by atoms with Gasteiger partial charge < -0.3 is 10.6 Å². The van der Waals surface area contributed by atoms with E-state index in [1.54, 1.807) is 34.8 Å². The molecule has 1 aliphatic rings. The summed E-state index contributed by atoms with van der Waals surface area (Å²) in [5.74, 6) is 0.586. The molecular weight excluding hydrogens is 312 g/mol. The molecule has 0 saturated heterocycles. The second kappa shape index (κ2) is 6.87. The van der Waals surface area contributed by atoms with Gasteiger partial charge in [0.25, 0.3) is 5.91 Å². The molecular formula is C16H18N4O2S. The molecule has 2 amide bonds. The largest absolute Gasteiger partial charge is 0.348 e. The third kappa shape index (κ3) is 3.92. The maximum atomic E-state index is 12.4. The molecule has 2 aromatic rings. The van der Waals surface area contributed by atoms with Crippen molar-refractivity contribution in [1.82, 2.24) is 15.1 Å². The summed E-state index contributed by atoms with van der Waals surface area (Å²) in [5, 5.41) is 9.93. The van der Waals surface area contributed by atoms with Gasteiger partial charge in [0.2, 0.25) is 5.91 Å².